The molecular formula is C13H19NO5S. The average molecular weight is 301 g/mol. The fourth-order valence-electron chi connectivity index (χ4n) is 2.19. The topological polar surface area (TPSA) is 76.1 Å². The van der Waals surface area contributed by atoms with Crippen LogP contribution in [0.3, 0.4) is 0 Å². The molecule has 1 aliphatic heterocycles. The van der Waals surface area contributed by atoms with E-state index in [2.05, 4.69) is 0 Å². The Hall–Kier alpha value is -1.15. The largest absolute Gasteiger partial charge is 0.496 e. The van der Waals surface area contributed by atoms with Gasteiger partial charge in [-0.3, -0.25) is 0 Å². The number of morpholine rings is 1. The smallest absolute Gasteiger partial charge is 0.243 e. The summed E-state index contributed by atoms with van der Waals surface area (Å²) in [5.74, 6) is 0.474. The lowest BCUT2D eigenvalue weighted by Crippen LogP contribution is -2.44. The third kappa shape index (κ3) is 2.95. The fraction of sp³-hybridized carbons (Fsp3) is 0.538. The summed E-state index contributed by atoms with van der Waals surface area (Å²) >= 11 is 0. The number of ether oxygens (including phenoxy) is 2. The monoisotopic (exact) mass is 301 g/mol. The van der Waals surface area contributed by atoms with E-state index in [-0.39, 0.29) is 17.6 Å². The SMILES string of the molecule is COc1ccc(S(=O)(=O)N2CCOC(C)C2)cc1CO. The number of sulfonamides is 1. The molecule has 0 bridgehead atoms. The Bertz CT molecular complexity index is 572. The van der Waals surface area contributed by atoms with Gasteiger partial charge in [-0.25, -0.2) is 8.42 Å². The van der Waals surface area contributed by atoms with Gasteiger partial charge in [0.05, 0.1) is 31.3 Å². The van der Waals surface area contributed by atoms with Gasteiger partial charge in [0.15, 0.2) is 0 Å². The lowest BCUT2D eigenvalue weighted by molar-refractivity contribution is 0.0102. The Kier molecular flexibility index (Phi) is 4.64. The predicted octanol–water partition coefficient (Wildman–Crippen LogP) is 0.597. The van der Waals surface area contributed by atoms with Crippen LogP contribution in [0.15, 0.2) is 23.1 Å². The highest BCUT2D eigenvalue weighted by Crippen LogP contribution is 2.25. The van der Waals surface area contributed by atoms with Gasteiger partial charge in [-0.1, -0.05) is 0 Å². The zero-order valence-corrected chi connectivity index (χ0v) is 12.4. The van der Waals surface area contributed by atoms with E-state index < -0.39 is 10.0 Å². The van der Waals surface area contributed by atoms with Crippen molar-refractivity contribution < 1.29 is 23.0 Å². The summed E-state index contributed by atoms with van der Waals surface area (Å²) in [4.78, 5) is 0.163. The summed E-state index contributed by atoms with van der Waals surface area (Å²) in [6.07, 6.45) is -0.117. The molecular weight excluding hydrogens is 282 g/mol. The molecule has 1 atom stereocenters. The molecule has 0 radical (unpaired) electrons. The van der Waals surface area contributed by atoms with Crippen LogP contribution in [0.1, 0.15) is 12.5 Å². The Labute approximate surface area is 119 Å². The molecule has 112 valence electrons. The van der Waals surface area contributed by atoms with Gasteiger partial charge in [0, 0.05) is 18.7 Å². The van der Waals surface area contributed by atoms with Crippen molar-refractivity contribution in [3.63, 3.8) is 0 Å². The second-order valence-corrected chi connectivity index (χ2v) is 6.61. The van der Waals surface area contributed by atoms with Gasteiger partial charge in [-0.15, -0.1) is 0 Å². The van der Waals surface area contributed by atoms with Gasteiger partial charge in [-0.2, -0.15) is 4.31 Å². The lowest BCUT2D eigenvalue weighted by Gasteiger charge is -2.30. The molecule has 1 heterocycles. The van der Waals surface area contributed by atoms with Crippen molar-refractivity contribution >= 4 is 10.0 Å². The highest BCUT2D eigenvalue weighted by Gasteiger charge is 2.29. The maximum absolute atomic E-state index is 12.5. The first-order valence-electron chi connectivity index (χ1n) is 6.38. The Morgan fingerprint density at radius 2 is 2.25 bits per heavy atom. The van der Waals surface area contributed by atoms with Crippen LogP contribution in [0.4, 0.5) is 0 Å². The van der Waals surface area contributed by atoms with Crippen LogP contribution in [0.5, 0.6) is 5.75 Å². The van der Waals surface area contributed by atoms with Crippen molar-refractivity contribution in [1.29, 1.82) is 0 Å². The van der Waals surface area contributed by atoms with Crippen LogP contribution in [-0.4, -0.2) is 50.7 Å². The molecule has 1 aromatic rings. The average Bonchev–Trinajstić information content (AvgIpc) is 2.46. The fourth-order valence-corrected chi connectivity index (χ4v) is 3.74. The van der Waals surface area contributed by atoms with Gasteiger partial charge in [0.1, 0.15) is 5.75 Å². The Morgan fingerprint density at radius 3 is 2.85 bits per heavy atom. The van der Waals surface area contributed by atoms with E-state index in [0.717, 1.165) is 0 Å². The lowest BCUT2D eigenvalue weighted by atomic mass is 10.2. The zero-order valence-electron chi connectivity index (χ0n) is 11.6. The van der Waals surface area contributed by atoms with Crippen molar-refractivity contribution in [2.45, 2.75) is 24.5 Å². The van der Waals surface area contributed by atoms with Crippen LogP contribution in [-0.2, 0) is 21.4 Å². The standard InChI is InChI=1S/C13H19NO5S/c1-10-8-14(5-6-19-10)20(16,17)12-3-4-13(18-2)11(7-12)9-15/h3-4,7,10,15H,5-6,8-9H2,1-2H3. The maximum Gasteiger partial charge on any atom is 0.243 e. The van der Waals surface area contributed by atoms with Gasteiger partial charge in [-0.05, 0) is 25.1 Å². The molecule has 7 heteroatoms. The first-order valence-corrected chi connectivity index (χ1v) is 7.82. The summed E-state index contributed by atoms with van der Waals surface area (Å²) < 4.78 is 36.9. The molecule has 0 aliphatic carbocycles. The minimum Gasteiger partial charge on any atom is -0.496 e. The molecule has 1 unspecified atom stereocenters. The van der Waals surface area contributed by atoms with Crippen LogP contribution >= 0.6 is 0 Å². The quantitative estimate of drug-likeness (QED) is 0.881. The first kappa shape index (κ1) is 15.2. The third-order valence-corrected chi connectivity index (χ3v) is 5.12. The molecule has 1 saturated heterocycles. The van der Waals surface area contributed by atoms with Gasteiger partial charge < -0.3 is 14.6 Å². The van der Waals surface area contributed by atoms with Gasteiger partial charge in [0.2, 0.25) is 10.0 Å². The van der Waals surface area contributed by atoms with Crippen molar-refractivity contribution in [2.24, 2.45) is 0 Å². The molecule has 1 aliphatic rings. The molecule has 1 N–H and O–H groups in total. The maximum atomic E-state index is 12.5. The Balaban J connectivity index is 2.34. The molecule has 0 amide bonds. The highest BCUT2D eigenvalue weighted by molar-refractivity contribution is 7.89. The summed E-state index contributed by atoms with van der Waals surface area (Å²) in [6, 6.07) is 4.50. The van der Waals surface area contributed by atoms with Crippen LogP contribution in [0, 0.1) is 0 Å². The van der Waals surface area contributed by atoms with E-state index in [1.54, 1.807) is 6.07 Å². The van der Waals surface area contributed by atoms with Crippen molar-refractivity contribution in [2.75, 3.05) is 26.8 Å². The van der Waals surface area contributed by atoms with Gasteiger partial charge in [0.25, 0.3) is 0 Å². The molecule has 1 fully saturated rings. The molecule has 0 saturated carbocycles. The van der Waals surface area contributed by atoms with E-state index >= 15 is 0 Å². The molecule has 1 aromatic carbocycles. The van der Waals surface area contributed by atoms with Crippen molar-refractivity contribution in [1.82, 2.24) is 4.31 Å². The van der Waals surface area contributed by atoms with Crippen molar-refractivity contribution in [3.8, 4) is 5.75 Å². The summed E-state index contributed by atoms with van der Waals surface area (Å²) in [5, 5.41) is 9.28. The van der Waals surface area contributed by atoms with E-state index in [0.29, 0.717) is 31.0 Å². The number of aliphatic hydroxyl groups is 1. The highest BCUT2D eigenvalue weighted by atomic mass is 32.2. The number of methoxy groups -OCH3 is 1. The summed E-state index contributed by atoms with van der Waals surface area (Å²) in [6.45, 7) is 2.64. The van der Waals surface area contributed by atoms with Crippen LogP contribution in [0.25, 0.3) is 0 Å². The van der Waals surface area contributed by atoms with Gasteiger partial charge >= 0.3 is 0 Å². The van der Waals surface area contributed by atoms with E-state index in [9.17, 15) is 13.5 Å². The summed E-state index contributed by atoms with van der Waals surface area (Å²) in [7, 11) is -2.09. The molecule has 6 nitrogen and oxygen atoms in total. The third-order valence-electron chi connectivity index (χ3n) is 3.26. The number of nitrogens with zero attached hydrogens (tertiary/aromatic N) is 1. The first-order chi connectivity index (χ1) is 9.48. The van der Waals surface area contributed by atoms with E-state index in [1.165, 1.54) is 23.5 Å². The van der Waals surface area contributed by atoms with Crippen molar-refractivity contribution in [3.05, 3.63) is 23.8 Å². The normalized spacial score (nSPS) is 20.9. The minimum atomic E-state index is -3.57. The number of hydrogen-bond donors (Lipinski definition) is 1. The number of hydrogen-bond acceptors (Lipinski definition) is 5. The molecule has 0 spiro atoms. The molecule has 2 rings (SSSR count). The Morgan fingerprint density at radius 1 is 1.50 bits per heavy atom. The zero-order chi connectivity index (χ0) is 14.8. The van der Waals surface area contributed by atoms with Crippen LogP contribution < -0.4 is 4.74 Å². The molecule has 0 aromatic heterocycles. The second kappa shape index (κ2) is 6.09. The van der Waals surface area contributed by atoms with E-state index in [1.807, 2.05) is 6.92 Å². The van der Waals surface area contributed by atoms with E-state index in [4.69, 9.17) is 9.47 Å². The molecule has 20 heavy (non-hydrogen) atoms. The number of rotatable bonds is 4. The minimum absolute atomic E-state index is 0.117. The number of benzene rings is 1. The summed E-state index contributed by atoms with van der Waals surface area (Å²) in [5.41, 5.74) is 0.454. The van der Waals surface area contributed by atoms with Crippen LogP contribution in [0.2, 0.25) is 0 Å². The number of aliphatic hydroxyl groups excluding tert-OH is 1. The predicted molar refractivity (Wildman–Crippen MR) is 73.1 cm³/mol. The second-order valence-electron chi connectivity index (χ2n) is 4.68.